The van der Waals surface area contributed by atoms with Gasteiger partial charge in [0.05, 0.1) is 0 Å². The molecule has 1 heteroatoms. The maximum absolute atomic E-state index is 3.91. The molecule has 4 rings (SSSR count). The fraction of sp³-hybridized carbons (Fsp3) is 0.0476. The molecule has 1 aliphatic rings. The van der Waals surface area contributed by atoms with Crippen LogP contribution in [0.1, 0.15) is 28.2 Å². The molecule has 22 heavy (non-hydrogen) atoms. The van der Waals surface area contributed by atoms with Gasteiger partial charge in [0.25, 0.3) is 0 Å². The van der Waals surface area contributed by atoms with Gasteiger partial charge in [0, 0.05) is 16.0 Å². The minimum absolute atomic E-state index is 0.285. The zero-order chi connectivity index (χ0) is 14.9. The van der Waals surface area contributed by atoms with Crippen molar-refractivity contribution in [3.05, 3.63) is 112 Å². The monoisotopic (exact) mass is 346 g/mol. The molecular weight excluding hydrogens is 332 g/mol. The van der Waals surface area contributed by atoms with E-state index < -0.39 is 0 Å². The molecule has 0 N–H and O–H groups in total. The maximum Gasteiger partial charge on any atom is 0.0418 e. The molecule has 1 aliphatic carbocycles. The Morgan fingerprint density at radius 3 is 1.95 bits per heavy atom. The molecule has 0 fully saturated rings. The van der Waals surface area contributed by atoms with Gasteiger partial charge >= 0.3 is 0 Å². The standard InChI is InChI=1S/C21H15Br/c22-21-19(15-9-3-1-4-10-15)17-13-7-8-14-18(17)20(21)16-11-5-2-6-12-16/h1-14,19H. The van der Waals surface area contributed by atoms with Crippen molar-refractivity contribution >= 4 is 21.5 Å². The average molecular weight is 347 g/mol. The van der Waals surface area contributed by atoms with E-state index in [0.717, 1.165) is 0 Å². The highest BCUT2D eigenvalue weighted by molar-refractivity contribution is 9.11. The zero-order valence-electron chi connectivity index (χ0n) is 12.0. The second-order valence-electron chi connectivity index (χ2n) is 5.52. The van der Waals surface area contributed by atoms with Crippen LogP contribution in [0.5, 0.6) is 0 Å². The normalized spacial score (nSPS) is 16.7. The van der Waals surface area contributed by atoms with Crippen LogP contribution in [0.3, 0.4) is 0 Å². The molecule has 1 atom stereocenters. The fourth-order valence-corrected chi connectivity index (χ4v) is 4.21. The molecule has 106 valence electrons. The quantitative estimate of drug-likeness (QED) is 0.534. The topological polar surface area (TPSA) is 0 Å². The molecule has 3 aromatic carbocycles. The third-order valence-electron chi connectivity index (χ3n) is 4.23. The highest BCUT2D eigenvalue weighted by Gasteiger charge is 2.31. The third-order valence-corrected chi connectivity index (χ3v) is 5.08. The molecule has 0 saturated carbocycles. The number of benzene rings is 3. The molecule has 0 radical (unpaired) electrons. The first kappa shape index (κ1) is 13.5. The van der Waals surface area contributed by atoms with Gasteiger partial charge in [-0.1, -0.05) is 101 Å². The molecule has 0 aliphatic heterocycles. The van der Waals surface area contributed by atoms with Crippen LogP contribution in [0.2, 0.25) is 0 Å². The first-order valence-electron chi connectivity index (χ1n) is 7.45. The van der Waals surface area contributed by atoms with Crippen molar-refractivity contribution in [2.75, 3.05) is 0 Å². The lowest BCUT2D eigenvalue weighted by Gasteiger charge is -2.13. The van der Waals surface area contributed by atoms with E-state index >= 15 is 0 Å². The predicted molar refractivity (Wildman–Crippen MR) is 96.1 cm³/mol. The Morgan fingerprint density at radius 1 is 0.636 bits per heavy atom. The van der Waals surface area contributed by atoms with Gasteiger partial charge in [0.15, 0.2) is 0 Å². The number of hydrogen-bond donors (Lipinski definition) is 0. The van der Waals surface area contributed by atoms with Crippen molar-refractivity contribution in [1.82, 2.24) is 0 Å². The van der Waals surface area contributed by atoms with E-state index in [-0.39, 0.29) is 5.92 Å². The number of halogens is 1. The Hall–Kier alpha value is -2.12. The van der Waals surface area contributed by atoms with Crippen LogP contribution in [-0.4, -0.2) is 0 Å². The van der Waals surface area contributed by atoms with Gasteiger partial charge in [-0.25, -0.2) is 0 Å². The van der Waals surface area contributed by atoms with E-state index in [9.17, 15) is 0 Å². The van der Waals surface area contributed by atoms with Crippen LogP contribution < -0.4 is 0 Å². The van der Waals surface area contributed by atoms with E-state index in [1.165, 1.54) is 32.3 Å². The Labute approximate surface area is 139 Å². The van der Waals surface area contributed by atoms with Gasteiger partial charge in [0.1, 0.15) is 0 Å². The average Bonchev–Trinajstić information content (AvgIpc) is 2.88. The molecular formula is C21H15Br. The Morgan fingerprint density at radius 2 is 1.23 bits per heavy atom. The smallest absolute Gasteiger partial charge is 0.0418 e. The van der Waals surface area contributed by atoms with Crippen molar-refractivity contribution < 1.29 is 0 Å². The second-order valence-corrected chi connectivity index (χ2v) is 6.37. The lowest BCUT2D eigenvalue weighted by atomic mass is 9.93. The van der Waals surface area contributed by atoms with Crippen molar-refractivity contribution in [1.29, 1.82) is 0 Å². The minimum atomic E-state index is 0.285. The summed E-state index contributed by atoms with van der Waals surface area (Å²) in [6, 6.07) is 30.0. The Balaban J connectivity index is 1.96. The molecule has 3 aromatic rings. The highest BCUT2D eigenvalue weighted by Crippen LogP contribution is 2.50. The minimum Gasteiger partial charge on any atom is -0.0622 e. The second kappa shape index (κ2) is 5.58. The lowest BCUT2D eigenvalue weighted by molar-refractivity contribution is 1.04. The molecule has 0 nitrogen and oxygen atoms in total. The van der Waals surface area contributed by atoms with Gasteiger partial charge in [-0.3, -0.25) is 0 Å². The summed E-state index contributed by atoms with van der Waals surface area (Å²) in [7, 11) is 0. The van der Waals surface area contributed by atoms with Crippen LogP contribution in [0.25, 0.3) is 5.57 Å². The molecule has 0 spiro atoms. The summed E-state index contributed by atoms with van der Waals surface area (Å²) in [5.74, 6) is 0.285. The highest BCUT2D eigenvalue weighted by atomic mass is 79.9. The van der Waals surface area contributed by atoms with E-state index in [1.807, 2.05) is 0 Å². The molecule has 0 heterocycles. The number of allylic oxidation sites excluding steroid dienone is 1. The van der Waals surface area contributed by atoms with Gasteiger partial charge in [-0.15, -0.1) is 0 Å². The summed E-state index contributed by atoms with van der Waals surface area (Å²) in [5, 5.41) is 0. The van der Waals surface area contributed by atoms with E-state index in [0.29, 0.717) is 0 Å². The number of hydrogen-bond acceptors (Lipinski definition) is 0. The van der Waals surface area contributed by atoms with Crippen molar-refractivity contribution in [3.8, 4) is 0 Å². The first-order chi connectivity index (χ1) is 10.9. The van der Waals surface area contributed by atoms with Crippen molar-refractivity contribution in [3.63, 3.8) is 0 Å². The molecule has 0 saturated heterocycles. The van der Waals surface area contributed by atoms with Crippen LogP contribution >= 0.6 is 15.9 Å². The molecule has 0 aromatic heterocycles. The van der Waals surface area contributed by atoms with Crippen molar-refractivity contribution in [2.45, 2.75) is 5.92 Å². The zero-order valence-corrected chi connectivity index (χ0v) is 13.6. The third kappa shape index (κ3) is 2.13. The largest absolute Gasteiger partial charge is 0.0622 e. The Bertz CT molecular complexity index is 832. The number of fused-ring (bicyclic) bond motifs is 1. The van der Waals surface area contributed by atoms with E-state index in [2.05, 4.69) is 101 Å². The summed E-state index contributed by atoms with van der Waals surface area (Å²) in [4.78, 5) is 0. The van der Waals surface area contributed by atoms with E-state index in [1.54, 1.807) is 0 Å². The van der Waals surface area contributed by atoms with Gasteiger partial charge in [-0.2, -0.15) is 0 Å². The molecule has 0 amide bonds. The lowest BCUT2D eigenvalue weighted by Crippen LogP contribution is -1.97. The maximum atomic E-state index is 3.91. The van der Waals surface area contributed by atoms with Crippen LogP contribution in [0, 0.1) is 0 Å². The fourth-order valence-electron chi connectivity index (χ4n) is 3.26. The van der Waals surface area contributed by atoms with Crippen LogP contribution in [0.15, 0.2) is 89.4 Å². The summed E-state index contributed by atoms with van der Waals surface area (Å²) in [5.41, 5.74) is 6.60. The van der Waals surface area contributed by atoms with Crippen molar-refractivity contribution in [2.24, 2.45) is 0 Å². The van der Waals surface area contributed by atoms with E-state index in [4.69, 9.17) is 0 Å². The summed E-state index contributed by atoms with van der Waals surface area (Å²) >= 11 is 3.91. The van der Waals surface area contributed by atoms with Crippen LogP contribution in [0.4, 0.5) is 0 Å². The first-order valence-corrected chi connectivity index (χ1v) is 8.25. The molecule has 0 bridgehead atoms. The number of rotatable bonds is 2. The Kier molecular flexibility index (Phi) is 3.44. The van der Waals surface area contributed by atoms with Gasteiger partial charge in [-0.05, 0) is 22.3 Å². The summed E-state index contributed by atoms with van der Waals surface area (Å²) < 4.78 is 1.26. The summed E-state index contributed by atoms with van der Waals surface area (Å²) in [6.07, 6.45) is 0. The molecule has 1 unspecified atom stereocenters. The van der Waals surface area contributed by atoms with Crippen LogP contribution in [-0.2, 0) is 0 Å². The SMILES string of the molecule is BrC1=C(c2ccccc2)c2ccccc2C1c1ccccc1. The van der Waals surface area contributed by atoms with Gasteiger partial charge < -0.3 is 0 Å². The predicted octanol–water partition coefficient (Wildman–Crippen LogP) is 5.99. The van der Waals surface area contributed by atoms with Gasteiger partial charge in [0.2, 0.25) is 0 Å². The summed E-state index contributed by atoms with van der Waals surface area (Å²) in [6.45, 7) is 0.